The van der Waals surface area contributed by atoms with Gasteiger partial charge in [0.2, 0.25) is 0 Å². The molecule has 0 fully saturated rings. The molecule has 1 unspecified atom stereocenters. The van der Waals surface area contributed by atoms with Crippen molar-refractivity contribution in [2.45, 2.75) is 18.9 Å². The van der Waals surface area contributed by atoms with Gasteiger partial charge in [-0.05, 0) is 42.6 Å². The molecule has 23 heavy (non-hydrogen) atoms. The molecule has 4 nitrogen and oxygen atoms in total. The van der Waals surface area contributed by atoms with Crippen LogP contribution in [0.3, 0.4) is 0 Å². The first-order valence-corrected chi connectivity index (χ1v) is 8.02. The Kier molecular flexibility index (Phi) is 3.46. The van der Waals surface area contributed by atoms with Crippen molar-refractivity contribution in [1.29, 1.82) is 0 Å². The zero-order chi connectivity index (χ0) is 15.8. The fraction of sp³-hybridized carbons (Fsp3) is 0.263. The number of hydrogen-bond acceptors (Lipinski definition) is 3. The molecule has 116 valence electrons. The quantitative estimate of drug-likeness (QED) is 0.887. The number of nitrogens with one attached hydrogen (secondary N) is 1. The van der Waals surface area contributed by atoms with Crippen LogP contribution in [0, 0.1) is 0 Å². The second-order valence-electron chi connectivity index (χ2n) is 6.05. The first-order chi connectivity index (χ1) is 11.3. The van der Waals surface area contributed by atoms with Gasteiger partial charge in [-0.1, -0.05) is 36.4 Å². The van der Waals surface area contributed by atoms with Crippen LogP contribution < -0.4 is 5.32 Å². The topological polar surface area (TPSA) is 49.4 Å². The lowest BCUT2D eigenvalue weighted by molar-refractivity contribution is 0.0648. The molecule has 1 N–H and O–H groups in total. The van der Waals surface area contributed by atoms with E-state index < -0.39 is 0 Å². The molecule has 4 heteroatoms. The molecule has 0 saturated carbocycles. The summed E-state index contributed by atoms with van der Waals surface area (Å²) in [5.74, 6) is -0.343. The maximum absolute atomic E-state index is 12.4. The summed E-state index contributed by atoms with van der Waals surface area (Å²) in [5.41, 5.74) is 3.69. The van der Waals surface area contributed by atoms with Gasteiger partial charge in [0.15, 0.2) is 0 Å². The van der Waals surface area contributed by atoms with Crippen molar-refractivity contribution in [3.8, 4) is 0 Å². The summed E-state index contributed by atoms with van der Waals surface area (Å²) in [6.45, 7) is 1.38. The van der Waals surface area contributed by atoms with E-state index in [0.717, 1.165) is 19.4 Å². The summed E-state index contributed by atoms with van der Waals surface area (Å²) >= 11 is 0. The SMILES string of the molecule is O=C1c2ccccc2C(=O)N1CCC1NCCc2ccccc21. The van der Waals surface area contributed by atoms with Crippen LogP contribution in [-0.4, -0.2) is 29.8 Å². The Hall–Kier alpha value is -2.46. The summed E-state index contributed by atoms with van der Waals surface area (Å²) in [4.78, 5) is 26.2. The van der Waals surface area contributed by atoms with Gasteiger partial charge < -0.3 is 5.32 Å². The predicted octanol–water partition coefficient (Wildman–Crippen LogP) is 2.56. The Morgan fingerprint density at radius 1 is 0.957 bits per heavy atom. The number of nitrogens with zero attached hydrogens (tertiary/aromatic N) is 1. The van der Waals surface area contributed by atoms with Crippen LogP contribution in [0.5, 0.6) is 0 Å². The van der Waals surface area contributed by atoms with Gasteiger partial charge in [0.1, 0.15) is 0 Å². The summed E-state index contributed by atoms with van der Waals surface area (Å²) in [7, 11) is 0. The van der Waals surface area contributed by atoms with Gasteiger partial charge in [-0.3, -0.25) is 14.5 Å². The molecule has 2 amide bonds. The molecule has 0 radical (unpaired) electrons. The molecule has 0 aliphatic carbocycles. The summed E-state index contributed by atoms with van der Waals surface area (Å²) in [6.07, 6.45) is 1.77. The highest BCUT2D eigenvalue weighted by molar-refractivity contribution is 6.21. The first-order valence-electron chi connectivity index (χ1n) is 8.02. The molecule has 1 atom stereocenters. The number of hydrogen-bond donors (Lipinski definition) is 1. The molecule has 0 saturated heterocycles. The maximum Gasteiger partial charge on any atom is 0.261 e. The van der Waals surface area contributed by atoms with Crippen molar-refractivity contribution in [2.24, 2.45) is 0 Å². The molecule has 2 aliphatic heterocycles. The average Bonchev–Trinajstić information content (AvgIpc) is 2.84. The van der Waals surface area contributed by atoms with Crippen LogP contribution in [-0.2, 0) is 6.42 Å². The Labute approximate surface area is 135 Å². The van der Waals surface area contributed by atoms with E-state index in [9.17, 15) is 9.59 Å². The molecule has 0 aromatic heterocycles. The number of carbonyl (C=O) groups is 2. The zero-order valence-corrected chi connectivity index (χ0v) is 12.8. The van der Waals surface area contributed by atoms with Gasteiger partial charge >= 0.3 is 0 Å². The molecule has 2 heterocycles. The molecule has 2 aromatic carbocycles. The van der Waals surface area contributed by atoms with Crippen LogP contribution in [0.1, 0.15) is 44.3 Å². The minimum Gasteiger partial charge on any atom is -0.310 e. The van der Waals surface area contributed by atoms with Crippen LogP contribution in [0.15, 0.2) is 48.5 Å². The van der Waals surface area contributed by atoms with E-state index in [4.69, 9.17) is 0 Å². The highest BCUT2D eigenvalue weighted by atomic mass is 16.2. The van der Waals surface area contributed by atoms with Crippen LogP contribution in [0.2, 0.25) is 0 Å². The third kappa shape index (κ3) is 2.35. The largest absolute Gasteiger partial charge is 0.310 e. The van der Waals surface area contributed by atoms with E-state index in [1.807, 2.05) is 6.07 Å². The van der Waals surface area contributed by atoms with E-state index in [1.165, 1.54) is 16.0 Å². The van der Waals surface area contributed by atoms with E-state index >= 15 is 0 Å². The average molecular weight is 306 g/mol. The van der Waals surface area contributed by atoms with Crippen LogP contribution in [0.4, 0.5) is 0 Å². The second kappa shape index (κ2) is 5.63. The minimum absolute atomic E-state index is 0.172. The summed E-state index contributed by atoms with van der Waals surface area (Å²) in [5, 5.41) is 3.50. The monoisotopic (exact) mass is 306 g/mol. The van der Waals surface area contributed by atoms with Gasteiger partial charge in [0, 0.05) is 12.6 Å². The van der Waals surface area contributed by atoms with E-state index in [2.05, 4.69) is 23.5 Å². The summed E-state index contributed by atoms with van der Waals surface area (Å²) in [6, 6.07) is 15.6. The zero-order valence-electron chi connectivity index (χ0n) is 12.8. The normalized spacial score (nSPS) is 19.7. The smallest absolute Gasteiger partial charge is 0.261 e. The molecule has 0 bridgehead atoms. The number of imide groups is 1. The van der Waals surface area contributed by atoms with Crippen molar-refractivity contribution in [2.75, 3.05) is 13.1 Å². The third-order valence-corrected chi connectivity index (χ3v) is 4.74. The van der Waals surface area contributed by atoms with Gasteiger partial charge in [-0.2, -0.15) is 0 Å². The van der Waals surface area contributed by atoms with Crippen molar-refractivity contribution in [3.63, 3.8) is 0 Å². The number of benzene rings is 2. The van der Waals surface area contributed by atoms with Crippen molar-refractivity contribution in [3.05, 3.63) is 70.8 Å². The first kappa shape index (κ1) is 14.2. The highest BCUT2D eigenvalue weighted by Crippen LogP contribution is 2.28. The van der Waals surface area contributed by atoms with E-state index in [1.54, 1.807) is 24.3 Å². The fourth-order valence-corrected chi connectivity index (χ4v) is 3.55. The molecule has 4 rings (SSSR count). The van der Waals surface area contributed by atoms with Crippen LogP contribution >= 0.6 is 0 Å². The lowest BCUT2D eigenvalue weighted by Crippen LogP contribution is -2.36. The Balaban J connectivity index is 1.51. The molecular weight excluding hydrogens is 288 g/mol. The number of amides is 2. The highest BCUT2D eigenvalue weighted by Gasteiger charge is 2.35. The minimum atomic E-state index is -0.172. The van der Waals surface area contributed by atoms with Crippen LogP contribution in [0.25, 0.3) is 0 Å². The summed E-state index contributed by atoms with van der Waals surface area (Å²) < 4.78 is 0. The van der Waals surface area contributed by atoms with Gasteiger partial charge in [-0.25, -0.2) is 0 Å². The second-order valence-corrected chi connectivity index (χ2v) is 6.05. The van der Waals surface area contributed by atoms with Gasteiger partial charge in [0.25, 0.3) is 11.8 Å². The van der Waals surface area contributed by atoms with E-state index in [-0.39, 0.29) is 17.9 Å². The Bertz CT molecular complexity index is 749. The number of carbonyl (C=O) groups excluding carboxylic acids is 2. The Morgan fingerprint density at radius 3 is 2.35 bits per heavy atom. The third-order valence-electron chi connectivity index (χ3n) is 4.74. The molecule has 2 aromatic rings. The maximum atomic E-state index is 12.4. The van der Waals surface area contributed by atoms with E-state index in [0.29, 0.717) is 17.7 Å². The Morgan fingerprint density at radius 2 is 1.61 bits per heavy atom. The van der Waals surface area contributed by atoms with Crippen molar-refractivity contribution in [1.82, 2.24) is 10.2 Å². The predicted molar refractivity (Wildman–Crippen MR) is 87.3 cm³/mol. The molecule has 2 aliphatic rings. The number of fused-ring (bicyclic) bond motifs is 2. The van der Waals surface area contributed by atoms with Gasteiger partial charge in [-0.15, -0.1) is 0 Å². The molecular formula is C19H18N2O2. The number of rotatable bonds is 3. The standard InChI is InChI=1S/C19H18N2O2/c22-18-15-7-3-4-8-16(15)19(23)21(18)12-10-17-14-6-2-1-5-13(14)9-11-20-17/h1-8,17,20H,9-12H2. The lowest BCUT2D eigenvalue weighted by atomic mass is 9.92. The molecule has 0 spiro atoms. The lowest BCUT2D eigenvalue weighted by Gasteiger charge is -2.28. The van der Waals surface area contributed by atoms with Gasteiger partial charge in [0.05, 0.1) is 11.1 Å². The fourth-order valence-electron chi connectivity index (χ4n) is 3.55. The van der Waals surface area contributed by atoms with Crippen molar-refractivity contribution >= 4 is 11.8 Å². The van der Waals surface area contributed by atoms with Crippen molar-refractivity contribution < 1.29 is 9.59 Å².